The molecule has 0 spiro atoms. The Bertz CT molecular complexity index is 463. The number of nitrogens with two attached hydrogens (primary N) is 1. The predicted octanol–water partition coefficient (Wildman–Crippen LogP) is 2.55. The quantitative estimate of drug-likeness (QED) is 0.878. The van der Waals surface area contributed by atoms with Crippen molar-refractivity contribution in [1.82, 2.24) is 4.90 Å². The first-order valence-corrected chi connectivity index (χ1v) is 7.01. The SMILES string of the molecule is CC(Oc1ccccc1Cl)C(=O)N(C)CC(C)(C)CN. The molecule has 0 aromatic heterocycles. The third-order valence-electron chi connectivity index (χ3n) is 3.08. The molecular weight excluding hydrogens is 276 g/mol. The van der Waals surface area contributed by atoms with E-state index in [1.54, 1.807) is 31.0 Å². The van der Waals surface area contributed by atoms with Gasteiger partial charge in [-0.1, -0.05) is 37.6 Å². The molecule has 0 saturated carbocycles. The second kappa shape index (κ2) is 6.95. The molecule has 0 fully saturated rings. The number of halogens is 1. The molecule has 112 valence electrons. The maximum absolute atomic E-state index is 12.3. The Labute approximate surface area is 125 Å². The van der Waals surface area contributed by atoms with Crippen molar-refractivity contribution in [1.29, 1.82) is 0 Å². The van der Waals surface area contributed by atoms with Crippen molar-refractivity contribution in [2.75, 3.05) is 20.1 Å². The van der Waals surface area contributed by atoms with Gasteiger partial charge in [0, 0.05) is 13.6 Å². The summed E-state index contributed by atoms with van der Waals surface area (Å²) < 4.78 is 5.62. The molecule has 4 nitrogen and oxygen atoms in total. The van der Waals surface area contributed by atoms with E-state index < -0.39 is 6.10 Å². The lowest BCUT2D eigenvalue weighted by Gasteiger charge is -2.30. The van der Waals surface area contributed by atoms with E-state index in [4.69, 9.17) is 22.1 Å². The Hall–Kier alpha value is -1.26. The van der Waals surface area contributed by atoms with Crippen LogP contribution in [0.5, 0.6) is 5.75 Å². The van der Waals surface area contributed by atoms with Crippen LogP contribution in [0.4, 0.5) is 0 Å². The largest absolute Gasteiger partial charge is 0.479 e. The van der Waals surface area contributed by atoms with Crippen LogP contribution in [0.25, 0.3) is 0 Å². The molecule has 0 heterocycles. The Kier molecular flexibility index (Phi) is 5.84. The van der Waals surface area contributed by atoms with Crippen LogP contribution in [0.3, 0.4) is 0 Å². The number of amides is 1. The smallest absolute Gasteiger partial charge is 0.263 e. The first-order chi connectivity index (χ1) is 9.26. The van der Waals surface area contributed by atoms with Crippen molar-refractivity contribution in [2.45, 2.75) is 26.9 Å². The Morgan fingerprint density at radius 2 is 2.05 bits per heavy atom. The highest BCUT2D eigenvalue weighted by atomic mass is 35.5. The average molecular weight is 299 g/mol. The maximum Gasteiger partial charge on any atom is 0.263 e. The molecular formula is C15H23ClN2O2. The Balaban J connectivity index is 2.65. The van der Waals surface area contributed by atoms with Crippen LogP contribution in [-0.2, 0) is 4.79 Å². The molecule has 1 unspecified atom stereocenters. The van der Waals surface area contributed by atoms with Crippen molar-refractivity contribution in [3.8, 4) is 5.75 Å². The van der Waals surface area contributed by atoms with Gasteiger partial charge in [-0.05, 0) is 31.0 Å². The minimum atomic E-state index is -0.589. The van der Waals surface area contributed by atoms with Crippen LogP contribution >= 0.6 is 11.6 Å². The zero-order valence-corrected chi connectivity index (χ0v) is 13.3. The van der Waals surface area contributed by atoms with Gasteiger partial charge < -0.3 is 15.4 Å². The standard InChI is InChI=1S/C15H23ClN2O2/c1-11(20-13-8-6-5-7-12(13)16)14(19)18(4)10-15(2,3)9-17/h5-8,11H,9-10,17H2,1-4H3. The van der Waals surface area contributed by atoms with Crippen LogP contribution in [0.2, 0.25) is 5.02 Å². The highest BCUT2D eigenvalue weighted by Gasteiger charge is 2.25. The zero-order valence-electron chi connectivity index (χ0n) is 12.5. The first kappa shape index (κ1) is 16.8. The summed E-state index contributed by atoms with van der Waals surface area (Å²) in [5.74, 6) is 0.424. The summed E-state index contributed by atoms with van der Waals surface area (Å²) in [6.45, 7) is 6.87. The molecule has 20 heavy (non-hydrogen) atoms. The van der Waals surface area contributed by atoms with Gasteiger partial charge in [-0.2, -0.15) is 0 Å². The van der Waals surface area contributed by atoms with Gasteiger partial charge >= 0.3 is 0 Å². The number of carbonyl (C=O) groups excluding carboxylic acids is 1. The summed E-state index contributed by atoms with van der Waals surface area (Å²) >= 11 is 6.02. The number of para-hydroxylation sites is 1. The fourth-order valence-corrected chi connectivity index (χ4v) is 2.06. The van der Waals surface area contributed by atoms with Gasteiger partial charge in [-0.15, -0.1) is 0 Å². The van der Waals surface area contributed by atoms with E-state index >= 15 is 0 Å². The van der Waals surface area contributed by atoms with Gasteiger partial charge in [-0.25, -0.2) is 0 Å². The molecule has 1 rings (SSSR count). The minimum absolute atomic E-state index is 0.0913. The van der Waals surface area contributed by atoms with Crippen molar-refractivity contribution in [3.63, 3.8) is 0 Å². The fourth-order valence-electron chi connectivity index (χ4n) is 1.88. The zero-order chi connectivity index (χ0) is 15.3. The van der Waals surface area contributed by atoms with Gasteiger partial charge in [0.15, 0.2) is 6.10 Å². The second-order valence-corrected chi connectivity index (χ2v) is 6.16. The lowest BCUT2D eigenvalue weighted by atomic mass is 9.93. The molecule has 1 aromatic carbocycles. The number of benzene rings is 1. The molecule has 1 amide bonds. The third kappa shape index (κ3) is 4.69. The van der Waals surface area contributed by atoms with Gasteiger partial charge in [0.1, 0.15) is 5.75 Å². The van der Waals surface area contributed by atoms with E-state index in [-0.39, 0.29) is 11.3 Å². The molecule has 0 aliphatic carbocycles. The number of hydrogen-bond acceptors (Lipinski definition) is 3. The Morgan fingerprint density at radius 1 is 1.45 bits per heavy atom. The van der Waals surface area contributed by atoms with E-state index in [9.17, 15) is 4.79 Å². The first-order valence-electron chi connectivity index (χ1n) is 6.63. The predicted molar refractivity (Wildman–Crippen MR) is 82.0 cm³/mol. The number of rotatable bonds is 6. The van der Waals surface area contributed by atoms with E-state index in [1.165, 1.54) is 0 Å². The van der Waals surface area contributed by atoms with Gasteiger partial charge in [-0.3, -0.25) is 4.79 Å². The summed E-state index contributed by atoms with van der Waals surface area (Å²) in [6.07, 6.45) is -0.589. The number of hydrogen-bond donors (Lipinski definition) is 1. The van der Waals surface area contributed by atoms with Crippen molar-refractivity contribution in [2.24, 2.45) is 11.1 Å². The normalized spacial score (nSPS) is 12.9. The molecule has 0 aliphatic heterocycles. The van der Waals surface area contributed by atoms with Crippen LogP contribution in [0.15, 0.2) is 24.3 Å². The van der Waals surface area contributed by atoms with Crippen LogP contribution in [0.1, 0.15) is 20.8 Å². The van der Waals surface area contributed by atoms with Gasteiger partial charge in [0.2, 0.25) is 0 Å². The number of ether oxygens (including phenoxy) is 1. The second-order valence-electron chi connectivity index (χ2n) is 5.75. The highest BCUT2D eigenvalue weighted by molar-refractivity contribution is 6.32. The summed E-state index contributed by atoms with van der Waals surface area (Å²) in [7, 11) is 1.76. The molecule has 1 atom stereocenters. The van der Waals surface area contributed by atoms with E-state index in [2.05, 4.69) is 0 Å². The lowest BCUT2D eigenvalue weighted by Crippen LogP contribution is -2.44. The van der Waals surface area contributed by atoms with Crippen molar-refractivity contribution >= 4 is 17.5 Å². The number of likely N-dealkylation sites (N-methyl/N-ethyl adjacent to an activating group) is 1. The molecule has 0 saturated heterocycles. The molecule has 0 bridgehead atoms. The van der Waals surface area contributed by atoms with Crippen LogP contribution in [0, 0.1) is 5.41 Å². The van der Waals surface area contributed by atoms with Crippen molar-refractivity contribution in [3.05, 3.63) is 29.3 Å². The monoisotopic (exact) mass is 298 g/mol. The molecule has 0 radical (unpaired) electrons. The number of carbonyl (C=O) groups is 1. The topological polar surface area (TPSA) is 55.6 Å². The van der Waals surface area contributed by atoms with Gasteiger partial charge in [0.05, 0.1) is 5.02 Å². The number of nitrogens with zero attached hydrogens (tertiary/aromatic N) is 1. The van der Waals surface area contributed by atoms with Crippen LogP contribution in [-0.4, -0.2) is 37.0 Å². The Morgan fingerprint density at radius 3 is 2.60 bits per heavy atom. The fraction of sp³-hybridized carbons (Fsp3) is 0.533. The molecule has 5 heteroatoms. The van der Waals surface area contributed by atoms with E-state index in [0.717, 1.165) is 0 Å². The van der Waals surface area contributed by atoms with E-state index in [0.29, 0.717) is 23.9 Å². The third-order valence-corrected chi connectivity index (χ3v) is 3.39. The average Bonchev–Trinajstić information content (AvgIpc) is 2.40. The molecule has 0 aliphatic rings. The van der Waals surface area contributed by atoms with Crippen LogP contribution < -0.4 is 10.5 Å². The summed E-state index contributed by atoms with van der Waals surface area (Å²) in [4.78, 5) is 13.9. The summed E-state index contributed by atoms with van der Waals surface area (Å²) in [6, 6.07) is 7.11. The van der Waals surface area contributed by atoms with E-state index in [1.807, 2.05) is 26.0 Å². The molecule has 1 aromatic rings. The minimum Gasteiger partial charge on any atom is -0.479 e. The maximum atomic E-state index is 12.3. The molecule has 2 N–H and O–H groups in total. The van der Waals surface area contributed by atoms with Crippen molar-refractivity contribution < 1.29 is 9.53 Å². The summed E-state index contributed by atoms with van der Waals surface area (Å²) in [5, 5.41) is 0.497. The highest BCUT2D eigenvalue weighted by Crippen LogP contribution is 2.24. The van der Waals surface area contributed by atoms with Gasteiger partial charge in [0.25, 0.3) is 5.91 Å². The summed E-state index contributed by atoms with van der Waals surface area (Å²) in [5.41, 5.74) is 5.57. The lowest BCUT2D eigenvalue weighted by molar-refractivity contribution is -0.137.